The number of benzene rings is 1. The van der Waals surface area contributed by atoms with Crippen LogP contribution in [0.15, 0.2) is 18.2 Å². The molecule has 0 radical (unpaired) electrons. The fraction of sp³-hybridized carbons (Fsp3) is 0.357. The molecule has 0 saturated carbocycles. The van der Waals surface area contributed by atoms with Crippen molar-refractivity contribution in [1.82, 2.24) is 9.78 Å². The molecule has 106 valence electrons. The van der Waals surface area contributed by atoms with Crippen molar-refractivity contribution in [2.75, 3.05) is 6.79 Å². The van der Waals surface area contributed by atoms with E-state index in [1.54, 1.807) is 16.8 Å². The second-order valence-electron chi connectivity index (χ2n) is 4.86. The Hall–Kier alpha value is -1.72. The van der Waals surface area contributed by atoms with Crippen LogP contribution in [0.25, 0.3) is 0 Å². The van der Waals surface area contributed by atoms with Gasteiger partial charge in [0.05, 0.1) is 16.8 Å². The minimum atomic E-state index is -0.670. The largest absolute Gasteiger partial charge is 0.454 e. The summed E-state index contributed by atoms with van der Waals surface area (Å²) >= 11 is 6.12. The van der Waals surface area contributed by atoms with E-state index in [1.807, 2.05) is 20.0 Å². The number of nitrogens with zero attached hydrogens (tertiary/aromatic N) is 2. The third kappa shape index (κ3) is 2.34. The van der Waals surface area contributed by atoms with Gasteiger partial charge in [-0.2, -0.15) is 5.10 Å². The Balaban J connectivity index is 1.86. The van der Waals surface area contributed by atoms with Crippen molar-refractivity contribution in [3.8, 4) is 11.5 Å². The van der Waals surface area contributed by atoms with Crippen LogP contribution in [-0.2, 0) is 13.5 Å². The number of aryl methyl sites for hydroxylation is 2. The van der Waals surface area contributed by atoms with Crippen molar-refractivity contribution in [2.45, 2.75) is 19.4 Å². The molecular formula is C14H15ClN2O3. The van der Waals surface area contributed by atoms with E-state index in [-0.39, 0.29) is 6.79 Å². The van der Waals surface area contributed by atoms with Crippen LogP contribution in [0, 0.1) is 6.92 Å². The van der Waals surface area contributed by atoms with Crippen LogP contribution in [-0.4, -0.2) is 21.7 Å². The highest BCUT2D eigenvalue weighted by Crippen LogP contribution is 2.41. The topological polar surface area (TPSA) is 56.5 Å². The maximum absolute atomic E-state index is 10.4. The number of hydrogen-bond donors (Lipinski definition) is 1. The number of aliphatic hydroxyl groups is 1. The highest BCUT2D eigenvalue weighted by molar-refractivity contribution is 6.32. The molecule has 1 aromatic carbocycles. The molecule has 1 atom stereocenters. The zero-order chi connectivity index (χ0) is 14.3. The molecule has 1 N–H and O–H groups in total. The zero-order valence-corrected chi connectivity index (χ0v) is 12.0. The molecule has 0 aliphatic carbocycles. The predicted molar refractivity (Wildman–Crippen MR) is 74.2 cm³/mol. The molecule has 2 aromatic rings. The monoisotopic (exact) mass is 294 g/mol. The molecule has 1 aliphatic heterocycles. The Morgan fingerprint density at radius 1 is 1.40 bits per heavy atom. The van der Waals surface area contributed by atoms with Crippen LogP contribution < -0.4 is 9.47 Å². The van der Waals surface area contributed by atoms with E-state index < -0.39 is 6.10 Å². The molecule has 0 spiro atoms. The van der Waals surface area contributed by atoms with Gasteiger partial charge in [-0.25, -0.2) is 0 Å². The molecule has 2 heterocycles. The van der Waals surface area contributed by atoms with Gasteiger partial charge in [-0.05, 0) is 30.7 Å². The van der Waals surface area contributed by atoms with Crippen LogP contribution in [0.4, 0.5) is 0 Å². The van der Waals surface area contributed by atoms with Crippen molar-refractivity contribution in [2.24, 2.45) is 7.05 Å². The molecule has 0 amide bonds. The Kier molecular flexibility index (Phi) is 3.31. The normalized spacial score (nSPS) is 14.6. The van der Waals surface area contributed by atoms with Crippen molar-refractivity contribution < 1.29 is 14.6 Å². The third-order valence-corrected chi connectivity index (χ3v) is 3.62. The first kappa shape index (κ1) is 13.3. The average Bonchev–Trinajstić information content (AvgIpc) is 2.96. The smallest absolute Gasteiger partial charge is 0.231 e. The van der Waals surface area contributed by atoms with Gasteiger partial charge in [-0.1, -0.05) is 11.6 Å². The number of fused-ring (bicyclic) bond motifs is 1. The maximum Gasteiger partial charge on any atom is 0.231 e. The van der Waals surface area contributed by atoms with Crippen molar-refractivity contribution in [1.29, 1.82) is 0 Å². The third-order valence-electron chi connectivity index (χ3n) is 3.34. The second kappa shape index (κ2) is 5.00. The van der Waals surface area contributed by atoms with Gasteiger partial charge in [-0.15, -0.1) is 0 Å². The van der Waals surface area contributed by atoms with E-state index in [2.05, 4.69) is 5.10 Å². The number of aromatic nitrogens is 2. The van der Waals surface area contributed by atoms with Gasteiger partial charge in [0.15, 0.2) is 11.5 Å². The standard InChI is InChI=1S/C14H15ClN2O3/c1-8-3-10(17(2)16-8)6-12(18)9-4-11(15)14-13(5-9)19-7-20-14/h3-5,12,18H,6-7H2,1-2H3. The highest BCUT2D eigenvalue weighted by Gasteiger charge is 2.21. The number of halogens is 1. The first-order chi connectivity index (χ1) is 9.54. The van der Waals surface area contributed by atoms with E-state index >= 15 is 0 Å². The van der Waals surface area contributed by atoms with E-state index in [0.29, 0.717) is 28.5 Å². The van der Waals surface area contributed by atoms with Crippen LogP contribution in [0.1, 0.15) is 23.1 Å². The fourth-order valence-corrected chi connectivity index (χ4v) is 2.62. The average molecular weight is 295 g/mol. The summed E-state index contributed by atoms with van der Waals surface area (Å²) < 4.78 is 12.3. The molecule has 1 unspecified atom stereocenters. The summed E-state index contributed by atoms with van der Waals surface area (Å²) in [6, 6.07) is 5.43. The van der Waals surface area contributed by atoms with E-state index in [9.17, 15) is 5.11 Å². The van der Waals surface area contributed by atoms with Crippen LogP contribution in [0.2, 0.25) is 5.02 Å². The lowest BCUT2D eigenvalue weighted by molar-refractivity contribution is 0.170. The van der Waals surface area contributed by atoms with Crippen LogP contribution in [0.3, 0.4) is 0 Å². The summed E-state index contributed by atoms with van der Waals surface area (Å²) in [4.78, 5) is 0. The van der Waals surface area contributed by atoms with Gasteiger partial charge >= 0.3 is 0 Å². The summed E-state index contributed by atoms with van der Waals surface area (Å²) in [5.41, 5.74) is 2.60. The lowest BCUT2D eigenvalue weighted by atomic mass is 10.0. The van der Waals surface area contributed by atoms with Gasteiger partial charge < -0.3 is 14.6 Å². The van der Waals surface area contributed by atoms with E-state index in [1.165, 1.54) is 0 Å². The Labute approximate surface area is 121 Å². The van der Waals surface area contributed by atoms with Gasteiger partial charge in [-0.3, -0.25) is 4.68 Å². The minimum absolute atomic E-state index is 0.162. The summed E-state index contributed by atoms with van der Waals surface area (Å²) in [5.74, 6) is 1.12. The number of aliphatic hydroxyl groups excluding tert-OH is 1. The molecule has 1 aromatic heterocycles. The predicted octanol–water partition coefficient (Wildman–Crippen LogP) is 2.39. The van der Waals surface area contributed by atoms with E-state index in [0.717, 1.165) is 11.4 Å². The Bertz CT molecular complexity index is 654. The SMILES string of the molecule is Cc1cc(CC(O)c2cc(Cl)c3c(c2)OCO3)n(C)n1. The minimum Gasteiger partial charge on any atom is -0.454 e. The summed E-state index contributed by atoms with van der Waals surface area (Å²) in [7, 11) is 1.86. The van der Waals surface area contributed by atoms with Crippen LogP contribution >= 0.6 is 11.6 Å². The summed E-state index contributed by atoms with van der Waals surface area (Å²) in [6.45, 7) is 2.09. The van der Waals surface area contributed by atoms with Gasteiger partial charge in [0.1, 0.15) is 0 Å². The Morgan fingerprint density at radius 3 is 2.90 bits per heavy atom. The molecule has 5 nitrogen and oxygen atoms in total. The molecular weight excluding hydrogens is 280 g/mol. The number of hydrogen-bond acceptors (Lipinski definition) is 4. The fourth-order valence-electron chi connectivity index (χ4n) is 2.35. The van der Waals surface area contributed by atoms with Gasteiger partial charge in [0.25, 0.3) is 0 Å². The van der Waals surface area contributed by atoms with Crippen LogP contribution in [0.5, 0.6) is 11.5 Å². The molecule has 1 aliphatic rings. The zero-order valence-electron chi connectivity index (χ0n) is 11.3. The molecule has 0 saturated heterocycles. The first-order valence-electron chi connectivity index (χ1n) is 6.31. The highest BCUT2D eigenvalue weighted by atomic mass is 35.5. The van der Waals surface area contributed by atoms with Gasteiger partial charge in [0, 0.05) is 19.2 Å². The number of rotatable bonds is 3. The lowest BCUT2D eigenvalue weighted by Crippen LogP contribution is -2.06. The lowest BCUT2D eigenvalue weighted by Gasteiger charge is -2.12. The maximum atomic E-state index is 10.4. The van der Waals surface area contributed by atoms with Crippen molar-refractivity contribution >= 4 is 11.6 Å². The number of ether oxygens (including phenoxy) is 2. The molecule has 0 bridgehead atoms. The van der Waals surface area contributed by atoms with E-state index in [4.69, 9.17) is 21.1 Å². The summed E-state index contributed by atoms with van der Waals surface area (Å²) in [6.07, 6.45) is -0.204. The second-order valence-corrected chi connectivity index (χ2v) is 5.26. The molecule has 20 heavy (non-hydrogen) atoms. The summed E-state index contributed by atoms with van der Waals surface area (Å²) in [5, 5.41) is 15.1. The Morgan fingerprint density at radius 2 is 2.20 bits per heavy atom. The van der Waals surface area contributed by atoms with Crippen molar-refractivity contribution in [3.63, 3.8) is 0 Å². The molecule has 3 rings (SSSR count). The first-order valence-corrected chi connectivity index (χ1v) is 6.69. The molecule has 6 heteroatoms. The quantitative estimate of drug-likeness (QED) is 0.944. The molecule has 0 fully saturated rings. The van der Waals surface area contributed by atoms with Gasteiger partial charge in [0.2, 0.25) is 6.79 Å². The van der Waals surface area contributed by atoms with Crippen molar-refractivity contribution in [3.05, 3.63) is 40.2 Å².